The Hall–Kier alpha value is -1.90. The van der Waals surface area contributed by atoms with Crippen LogP contribution in [0.4, 0.5) is 4.39 Å². The molecule has 2 nitrogen and oxygen atoms in total. The molecule has 0 aliphatic rings. The Labute approximate surface area is 93.7 Å². The van der Waals surface area contributed by atoms with Crippen LogP contribution in [-0.4, -0.2) is 12.1 Å². The van der Waals surface area contributed by atoms with Gasteiger partial charge >= 0.3 is 0 Å². The van der Waals surface area contributed by atoms with Crippen LogP contribution in [0.1, 0.15) is 5.56 Å². The van der Waals surface area contributed by atoms with Crippen LogP contribution in [0, 0.1) is 12.7 Å². The molecule has 0 radical (unpaired) electrons. The third-order valence-electron chi connectivity index (χ3n) is 2.40. The molecule has 0 unspecified atom stereocenters. The topological polar surface area (TPSA) is 22.1 Å². The van der Waals surface area contributed by atoms with E-state index in [9.17, 15) is 4.39 Å². The third-order valence-corrected chi connectivity index (χ3v) is 2.40. The van der Waals surface area contributed by atoms with Crippen molar-refractivity contribution in [1.29, 1.82) is 0 Å². The van der Waals surface area contributed by atoms with Gasteiger partial charge < -0.3 is 4.74 Å². The van der Waals surface area contributed by atoms with Gasteiger partial charge in [-0.3, -0.25) is 0 Å². The number of pyridine rings is 1. The van der Waals surface area contributed by atoms with Crippen LogP contribution < -0.4 is 4.74 Å². The molecule has 0 amide bonds. The van der Waals surface area contributed by atoms with E-state index < -0.39 is 0 Å². The van der Waals surface area contributed by atoms with Gasteiger partial charge in [0.1, 0.15) is 5.82 Å². The minimum atomic E-state index is -0.232. The lowest BCUT2D eigenvalue weighted by atomic mass is 10.1. The van der Waals surface area contributed by atoms with E-state index in [2.05, 4.69) is 4.98 Å². The minimum Gasteiger partial charge on any atom is -0.481 e. The molecule has 16 heavy (non-hydrogen) atoms. The number of methoxy groups -OCH3 is 1. The maximum absolute atomic E-state index is 13.0. The van der Waals surface area contributed by atoms with Crippen molar-refractivity contribution in [3.05, 3.63) is 47.8 Å². The van der Waals surface area contributed by atoms with Gasteiger partial charge in [0, 0.05) is 11.6 Å². The van der Waals surface area contributed by atoms with Gasteiger partial charge in [-0.2, -0.15) is 0 Å². The van der Waals surface area contributed by atoms with E-state index in [-0.39, 0.29) is 5.82 Å². The van der Waals surface area contributed by atoms with E-state index in [4.69, 9.17) is 4.74 Å². The highest BCUT2D eigenvalue weighted by molar-refractivity contribution is 5.63. The SMILES string of the molecule is COc1cccc(-c2ccc(F)cc2C)n1. The maximum atomic E-state index is 13.0. The molecule has 1 heterocycles. The molecule has 2 aromatic rings. The largest absolute Gasteiger partial charge is 0.481 e. The van der Waals surface area contributed by atoms with Crippen molar-refractivity contribution < 1.29 is 9.13 Å². The molecule has 0 atom stereocenters. The van der Waals surface area contributed by atoms with Crippen molar-refractivity contribution in [2.45, 2.75) is 6.92 Å². The van der Waals surface area contributed by atoms with E-state index in [1.165, 1.54) is 12.1 Å². The van der Waals surface area contributed by atoms with Gasteiger partial charge in [-0.15, -0.1) is 0 Å². The summed E-state index contributed by atoms with van der Waals surface area (Å²) in [5.74, 6) is 0.324. The molecule has 0 aliphatic heterocycles. The fourth-order valence-electron chi connectivity index (χ4n) is 1.59. The Bertz CT molecular complexity index is 511. The van der Waals surface area contributed by atoms with Gasteiger partial charge in [-0.1, -0.05) is 6.07 Å². The van der Waals surface area contributed by atoms with Crippen LogP contribution in [0.3, 0.4) is 0 Å². The van der Waals surface area contributed by atoms with Crippen molar-refractivity contribution >= 4 is 0 Å². The highest BCUT2D eigenvalue weighted by atomic mass is 19.1. The van der Waals surface area contributed by atoms with Crippen LogP contribution in [0.5, 0.6) is 5.88 Å². The van der Waals surface area contributed by atoms with Gasteiger partial charge in [0.05, 0.1) is 12.8 Å². The minimum absolute atomic E-state index is 0.232. The number of hydrogen-bond donors (Lipinski definition) is 0. The van der Waals surface area contributed by atoms with Crippen LogP contribution in [-0.2, 0) is 0 Å². The van der Waals surface area contributed by atoms with Crippen molar-refractivity contribution in [3.8, 4) is 17.1 Å². The lowest BCUT2D eigenvalue weighted by Crippen LogP contribution is -1.91. The summed E-state index contributed by atoms with van der Waals surface area (Å²) >= 11 is 0. The molecule has 3 heteroatoms. The van der Waals surface area contributed by atoms with Crippen LogP contribution in [0.2, 0.25) is 0 Å². The molecule has 0 spiro atoms. The van der Waals surface area contributed by atoms with E-state index in [1.54, 1.807) is 19.2 Å². The Balaban J connectivity index is 2.49. The van der Waals surface area contributed by atoms with Crippen LogP contribution in [0.15, 0.2) is 36.4 Å². The maximum Gasteiger partial charge on any atom is 0.213 e. The molecule has 2 rings (SSSR count). The fourth-order valence-corrected chi connectivity index (χ4v) is 1.59. The summed E-state index contributed by atoms with van der Waals surface area (Å²) in [6, 6.07) is 10.2. The average molecular weight is 217 g/mol. The number of ether oxygens (including phenoxy) is 1. The summed E-state index contributed by atoms with van der Waals surface area (Å²) < 4.78 is 18.0. The van der Waals surface area contributed by atoms with Gasteiger partial charge in [-0.05, 0) is 36.8 Å². The van der Waals surface area contributed by atoms with Crippen LogP contribution >= 0.6 is 0 Å². The zero-order valence-electron chi connectivity index (χ0n) is 9.20. The van der Waals surface area contributed by atoms with E-state index in [1.807, 2.05) is 19.1 Å². The number of benzene rings is 1. The Morgan fingerprint density at radius 3 is 2.69 bits per heavy atom. The fraction of sp³-hybridized carbons (Fsp3) is 0.154. The van der Waals surface area contributed by atoms with E-state index in [0.717, 1.165) is 16.8 Å². The number of hydrogen-bond acceptors (Lipinski definition) is 2. The first kappa shape index (κ1) is 10.6. The molecule has 0 N–H and O–H groups in total. The van der Waals surface area contributed by atoms with Gasteiger partial charge in [-0.25, -0.2) is 9.37 Å². The third kappa shape index (κ3) is 2.03. The molecule has 0 saturated heterocycles. The first-order chi connectivity index (χ1) is 7.70. The quantitative estimate of drug-likeness (QED) is 0.770. The molecular weight excluding hydrogens is 205 g/mol. The number of nitrogens with zero attached hydrogens (tertiary/aromatic N) is 1. The summed E-state index contributed by atoms with van der Waals surface area (Å²) in [5.41, 5.74) is 2.57. The monoisotopic (exact) mass is 217 g/mol. The number of rotatable bonds is 2. The van der Waals surface area contributed by atoms with Crippen molar-refractivity contribution in [1.82, 2.24) is 4.98 Å². The van der Waals surface area contributed by atoms with E-state index in [0.29, 0.717) is 5.88 Å². The number of halogens is 1. The second-order valence-corrected chi connectivity index (χ2v) is 3.52. The molecule has 0 bridgehead atoms. The predicted molar refractivity (Wildman–Crippen MR) is 60.9 cm³/mol. The van der Waals surface area contributed by atoms with Crippen molar-refractivity contribution in [2.24, 2.45) is 0 Å². The average Bonchev–Trinajstić information content (AvgIpc) is 2.29. The van der Waals surface area contributed by atoms with Crippen molar-refractivity contribution in [3.63, 3.8) is 0 Å². The summed E-state index contributed by atoms with van der Waals surface area (Å²) in [6.07, 6.45) is 0. The summed E-state index contributed by atoms with van der Waals surface area (Å²) in [7, 11) is 1.57. The highest BCUT2D eigenvalue weighted by Gasteiger charge is 2.05. The lowest BCUT2D eigenvalue weighted by Gasteiger charge is -2.06. The molecule has 1 aromatic heterocycles. The summed E-state index contributed by atoms with van der Waals surface area (Å²) in [5, 5.41) is 0. The highest BCUT2D eigenvalue weighted by Crippen LogP contribution is 2.23. The van der Waals surface area contributed by atoms with Gasteiger partial charge in [0.25, 0.3) is 0 Å². The molecule has 1 aromatic carbocycles. The predicted octanol–water partition coefficient (Wildman–Crippen LogP) is 3.20. The Morgan fingerprint density at radius 1 is 1.19 bits per heavy atom. The number of aryl methyl sites for hydroxylation is 1. The van der Waals surface area contributed by atoms with Crippen LogP contribution in [0.25, 0.3) is 11.3 Å². The van der Waals surface area contributed by atoms with Crippen molar-refractivity contribution in [2.75, 3.05) is 7.11 Å². The molecule has 0 aliphatic carbocycles. The lowest BCUT2D eigenvalue weighted by molar-refractivity contribution is 0.398. The Morgan fingerprint density at radius 2 is 2.00 bits per heavy atom. The second-order valence-electron chi connectivity index (χ2n) is 3.52. The smallest absolute Gasteiger partial charge is 0.213 e. The zero-order valence-corrected chi connectivity index (χ0v) is 9.20. The van der Waals surface area contributed by atoms with Gasteiger partial charge in [0.15, 0.2) is 0 Å². The van der Waals surface area contributed by atoms with Gasteiger partial charge in [0.2, 0.25) is 5.88 Å². The number of aromatic nitrogens is 1. The first-order valence-electron chi connectivity index (χ1n) is 4.98. The normalized spacial score (nSPS) is 10.2. The second kappa shape index (κ2) is 4.31. The Kier molecular flexibility index (Phi) is 2.86. The standard InChI is InChI=1S/C13H12FNO/c1-9-8-10(14)6-7-11(9)12-4-3-5-13(15-12)16-2/h3-8H,1-2H3. The summed E-state index contributed by atoms with van der Waals surface area (Å²) in [4.78, 5) is 4.31. The summed E-state index contributed by atoms with van der Waals surface area (Å²) in [6.45, 7) is 1.86. The molecule has 82 valence electrons. The molecule has 0 saturated carbocycles. The first-order valence-corrected chi connectivity index (χ1v) is 4.98. The zero-order chi connectivity index (χ0) is 11.5. The van der Waals surface area contributed by atoms with E-state index >= 15 is 0 Å². The molecule has 0 fully saturated rings. The molecular formula is C13H12FNO.